The number of rotatable bonds is 6. The van der Waals surface area contributed by atoms with Crippen molar-refractivity contribution in [2.45, 2.75) is 25.0 Å². The van der Waals surface area contributed by atoms with Gasteiger partial charge in [0.05, 0.1) is 18.7 Å². The zero-order valence-corrected chi connectivity index (χ0v) is 18.7. The van der Waals surface area contributed by atoms with Gasteiger partial charge in [0.2, 0.25) is 0 Å². The third kappa shape index (κ3) is 4.31. The maximum absolute atomic E-state index is 12.9. The van der Waals surface area contributed by atoms with E-state index < -0.39 is 12.3 Å². The number of carbonyl (C=O) groups is 1. The molecule has 5 unspecified atom stereocenters. The van der Waals surface area contributed by atoms with Crippen LogP contribution in [0.5, 0.6) is 11.5 Å². The van der Waals surface area contributed by atoms with Crippen LogP contribution in [0.2, 0.25) is 0 Å². The fourth-order valence-corrected chi connectivity index (χ4v) is 5.28. The first-order chi connectivity index (χ1) is 16.2. The van der Waals surface area contributed by atoms with Gasteiger partial charge < -0.3 is 14.2 Å². The molecule has 3 aromatic rings. The number of carbonyl (C=O) groups excluding carboxylic acids is 1. The Morgan fingerprint density at radius 1 is 1.18 bits per heavy atom. The molecule has 6 rings (SSSR count). The minimum atomic E-state index is -0.707. The molecule has 5 atom stereocenters. The van der Waals surface area contributed by atoms with E-state index in [9.17, 15) is 4.79 Å². The predicted molar refractivity (Wildman–Crippen MR) is 126 cm³/mol. The predicted octanol–water partition coefficient (Wildman–Crippen LogP) is 5.40. The molecule has 3 saturated heterocycles. The standard InChI is InChI=1S/C27H28N2O4/c1-3-18-17-29-14-12-19(18)15-25(29)26(33-27(30)32-20-7-5-4-6-8-20)22-11-13-28-24-10-9-21(31-2)16-23(22)24/h3-11,13,16,18-19,25-26H,1,12,14-15,17H2,2H3. The minimum absolute atomic E-state index is 0.0556. The molecule has 3 fully saturated rings. The van der Waals surface area contributed by atoms with Gasteiger partial charge in [-0.25, -0.2) is 4.79 Å². The Kier molecular flexibility index (Phi) is 6.01. The summed E-state index contributed by atoms with van der Waals surface area (Å²) in [5, 5.41) is 0.914. The molecule has 6 heteroatoms. The normalized spacial score (nSPS) is 24.8. The van der Waals surface area contributed by atoms with Gasteiger partial charge in [0.15, 0.2) is 0 Å². The summed E-state index contributed by atoms with van der Waals surface area (Å²) < 4.78 is 17.0. The van der Waals surface area contributed by atoms with Crippen LogP contribution in [0.1, 0.15) is 24.5 Å². The molecule has 0 saturated carbocycles. The van der Waals surface area contributed by atoms with E-state index in [-0.39, 0.29) is 6.04 Å². The molecule has 0 amide bonds. The lowest BCUT2D eigenvalue weighted by Crippen LogP contribution is -2.55. The average molecular weight is 445 g/mol. The Balaban J connectivity index is 1.51. The summed E-state index contributed by atoms with van der Waals surface area (Å²) in [6, 6.07) is 16.8. The van der Waals surface area contributed by atoms with Gasteiger partial charge in [0, 0.05) is 23.7 Å². The molecule has 6 nitrogen and oxygen atoms in total. The second kappa shape index (κ2) is 9.24. The van der Waals surface area contributed by atoms with Crippen LogP contribution in [0.15, 0.2) is 73.4 Å². The molecule has 170 valence electrons. The molecule has 2 bridgehead atoms. The minimum Gasteiger partial charge on any atom is -0.497 e. The second-order valence-corrected chi connectivity index (χ2v) is 8.73. The topological polar surface area (TPSA) is 60.9 Å². The summed E-state index contributed by atoms with van der Waals surface area (Å²) in [6.45, 7) is 5.95. The fraction of sp³-hybridized carbons (Fsp3) is 0.333. The summed E-state index contributed by atoms with van der Waals surface area (Å²) in [5.74, 6) is 2.21. The molecule has 0 radical (unpaired) electrons. The van der Waals surface area contributed by atoms with E-state index in [4.69, 9.17) is 14.2 Å². The zero-order valence-electron chi connectivity index (χ0n) is 18.7. The lowest BCUT2D eigenvalue weighted by molar-refractivity contribution is -0.0579. The van der Waals surface area contributed by atoms with E-state index in [1.807, 2.05) is 42.5 Å². The maximum atomic E-state index is 12.9. The molecule has 0 aliphatic carbocycles. The SMILES string of the molecule is C=CC1CN2CCC1CC2C(OC(=O)Oc1ccccc1)c1ccnc2ccc(OC)cc12. The van der Waals surface area contributed by atoms with Crippen molar-refractivity contribution in [2.24, 2.45) is 11.8 Å². The van der Waals surface area contributed by atoms with Crippen molar-refractivity contribution in [2.75, 3.05) is 20.2 Å². The van der Waals surface area contributed by atoms with Crippen molar-refractivity contribution >= 4 is 17.1 Å². The average Bonchev–Trinajstić information content (AvgIpc) is 2.87. The highest BCUT2D eigenvalue weighted by Crippen LogP contribution is 2.43. The number of aromatic nitrogens is 1. The van der Waals surface area contributed by atoms with Crippen molar-refractivity contribution in [3.8, 4) is 11.5 Å². The first-order valence-corrected chi connectivity index (χ1v) is 11.4. The zero-order chi connectivity index (χ0) is 22.8. The van der Waals surface area contributed by atoms with Gasteiger partial charge in [-0.2, -0.15) is 0 Å². The van der Waals surface area contributed by atoms with Crippen molar-refractivity contribution < 1.29 is 19.0 Å². The molecule has 1 aromatic heterocycles. The van der Waals surface area contributed by atoms with Gasteiger partial charge in [-0.15, -0.1) is 6.58 Å². The molecule has 3 aliphatic heterocycles. The molecule has 2 aromatic carbocycles. The van der Waals surface area contributed by atoms with E-state index in [1.54, 1.807) is 25.4 Å². The van der Waals surface area contributed by atoms with Crippen LogP contribution in [0.3, 0.4) is 0 Å². The van der Waals surface area contributed by atoms with Crippen LogP contribution in [-0.4, -0.2) is 42.3 Å². The van der Waals surface area contributed by atoms with Gasteiger partial charge in [-0.05, 0) is 67.6 Å². The van der Waals surface area contributed by atoms with Gasteiger partial charge in [0.25, 0.3) is 0 Å². The summed E-state index contributed by atoms with van der Waals surface area (Å²) in [5.41, 5.74) is 1.75. The largest absolute Gasteiger partial charge is 0.514 e. The quantitative estimate of drug-likeness (QED) is 0.288. The Morgan fingerprint density at radius 3 is 2.76 bits per heavy atom. The molecule has 33 heavy (non-hydrogen) atoms. The number of hydrogen-bond acceptors (Lipinski definition) is 6. The van der Waals surface area contributed by atoms with E-state index in [2.05, 4.69) is 22.5 Å². The number of ether oxygens (including phenoxy) is 3. The van der Waals surface area contributed by atoms with Crippen LogP contribution in [0.4, 0.5) is 4.79 Å². The number of piperidine rings is 3. The number of pyridine rings is 1. The molecule has 4 heterocycles. The van der Waals surface area contributed by atoms with Crippen LogP contribution >= 0.6 is 0 Å². The molecule has 3 aliphatic rings. The second-order valence-electron chi connectivity index (χ2n) is 8.73. The van der Waals surface area contributed by atoms with E-state index in [0.29, 0.717) is 17.6 Å². The highest BCUT2D eigenvalue weighted by molar-refractivity contribution is 5.84. The number of fused-ring (bicyclic) bond motifs is 4. The number of methoxy groups -OCH3 is 1. The Hall–Kier alpha value is -3.38. The summed E-state index contributed by atoms with van der Waals surface area (Å²) in [6.07, 6.45) is 4.72. The monoisotopic (exact) mass is 444 g/mol. The van der Waals surface area contributed by atoms with Crippen molar-refractivity contribution in [3.63, 3.8) is 0 Å². The summed E-state index contributed by atoms with van der Waals surface area (Å²) >= 11 is 0. The Bertz CT molecular complexity index is 1150. The smallest absolute Gasteiger partial charge is 0.497 e. The van der Waals surface area contributed by atoms with Crippen LogP contribution in [-0.2, 0) is 4.74 Å². The van der Waals surface area contributed by atoms with Crippen molar-refractivity contribution in [1.82, 2.24) is 9.88 Å². The lowest BCUT2D eigenvalue weighted by atomic mass is 9.73. The van der Waals surface area contributed by atoms with Crippen molar-refractivity contribution in [1.29, 1.82) is 0 Å². The Morgan fingerprint density at radius 2 is 2.03 bits per heavy atom. The van der Waals surface area contributed by atoms with Gasteiger partial charge in [0.1, 0.15) is 17.6 Å². The number of hydrogen-bond donors (Lipinski definition) is 0. The third-order valence-electron chi connectivity index (χ3n) is 6.96. The van der Waals surface area contributed by atoms with E-state index >= 15 is 0 Å². The Labute approximate surface area is 193 Å². The van der Waals surface area contributed by atoms with Crippen LogP contribution in [0.25, 0.3) is 10.9 Å². The van der Waals surface area contributed by atoms with Crippen molar-refractivity contribution in [3.05, 3.63) is 79.0 Å². The van der Waals surface area contributed by atoms with Crippen LogP contribution in [0, 0.1) is 11.8 Å². The molecule has 0 N–H and O–H groups in total. The number of benzene rings is 2. The van der Waals surface area contributed by atoms with Gasteiger partial charge in [-0.3, -0.25) is 9.88 Å². The number of para-hydroxylation sites is 1. The molecule has 0 spiro atoms. The maximum Gasteiger partial charge on any atom is 0.514 e. The number of nitrogens with zero attached hydrogens (tertiary/aromatic N) is 2. The van der Waals surface area contributed by atoms with Gasteiger partial charge in [-0.1, -0.05) is 24.3 Å². The van der Waals surface area contributed by atoms with Crippen LogP contribution < -0.4 is 9.47 Å². The fourth-order valence-electron chi connectivity index (χ4n) is 5.28. The first kappa shape index (κ1) is 21.5. The van der Waals surface area contributed by atoms with Gasteiger partial charge >= 0.3 is 6.16 Å². The third-order valence-corrected chi connectivity index (χ3v) is 6.96. The summed E-state index contributed by atoms with van der Waals surface area (Å²) in [4.78, 5) is 19.8. The highest BCUT2D eigenvalue weighted by atomic mass is 16.7. The highest BCUT2D eigenvalue weighted by Gasteiger charge is 2.44. The lowest BCUT2D eigenvalue weighted by Gasteiger charge is -2.51. The van der Waals surface area contributed by atoms with E-state index in [0.717, 1.165) is 48.1 Å². The van der Waals surface area contributed by atoms with E-state index in [1.165, 1.54) is 0 Å². The molecular weight excluding hydrogens is 416 g/mol. The molecular formula is C27H28N2O4. The first-order valence-electron chi connectivity index (χ1n) is 11.4. The summed E-state index contributed by atoms with van der Waals surface area (Å²) in [7, 11) is 1.64.